The van der Waals surface area contributed by atoms with Gasteiger partial charge in [0.25, 0.3) is 0 Å². The number of nitrogens with zero attached hydrogens (tertiary/aromatic N) is 1. The molecule has 2 aromatic rings. The summed E-state index contributed by atoms with van der Waals surface area (Å²) in [6, 6.07) is 9.62. The van der Waals surface area contributed by atoms with Crippen LogP contribution in [0.1, 0.15) is 15.9 Å². The van der Waals surface area contributed by atoms with E-state index in [2.05, 4.69) is 4.98 Å². The van der Waals surface area contributed by atoms with Crippen molar-refractivity contribution >= 4 is 23.8 Å². The minimum absolute atomic E-state index is 0.217. The summed E-state index contributed by atoms with van der Waals surface area (Å²) in [5.41, 5.74) is 3.18. The second kappa shape index (κ2) is 4.31. The lowest BCUT2D eigenvalue weighted by Gasteiger charge is -2.07. The molecule has 1 aromatic carbocycles. The number of aromatic nitrogens is 1. The van der Waals surface area contributed by atoms with E-state index < -0.39 is 5.97 Å². The lowest BCUT2D eigenvalue weighted by molar-refractivity contribution is 0.0696. The van der Waals surface area contributed by atoms with E-state index in [4.69, 9.17) is 5.11 Å². The van der Waals surface area contributed by atoms with Crippen LogP contribution in [0.5, 0.6) is 0 Å². The average Bonchev–Trinajstić information content (AvgIpc) is 2.57. The first kappa shape index (κ1) is 11.0. The zero-order valence-corrected chi connectivity index (χ0v) is 10.1. The van der Waals surface area contributed by atoms with Crippen LogP contribution in [0, 0.1) is 0 Å². The van der Waals surface area contributed by atoms with E-state index in [9.17, 15) is 4.79 Å². The monoisotopic (exact) mass is 255 g/mol. The fraction of sp³-hybridized carbons (Fsp3) is 0. The predicted octanol–water partition coefficient (Wildman–Crippen LogP) is 3.52. The minimum atomic E-state index is -0.951. The number of pyridine rings is 1. The molecule has 1 N–H and O–H groups in total. The average molecular weight is 255 g/mol. The van der Waals surface area contributed by atoms with Gasteiger partial charge < -0.3 is 5.11 Å². The van der Waals surface area contributed by atoms with Gasteiger partial charge in [0.05, 0.1) is 11.3 Å². The lowest BCUT2D eigenvalue weighted by atomic mass is 10.0. The summed E-state index contributed by atoms with van der Waals surface area (Å²) in [7, 11) is 0. The van der Waals surface area contributed by atoms with Crippen molar-refractivity contribution in [1.82, 2.24) is 4.98 Å². The van der Waals surface area contributed by atoms with E-state index in [0.29, 0.717) is 0 Å². The fourth-order valence-electron chi connectivity index (χ4n) is 1.89. The van der Waals surface area contributed by atoms with Gasteiger partial charge >= 0.3 is 5.97 Å². The Hall–Kier alpha value is -2.07. The highest BCUT2D eigenvalue weighted by Gasteiger charge is 2.15. The van der Waals surface area contributed by atoms with Crippen LogP contribution in [0.4, 0.5) is 0 Å². The van der Waals surface area contributed by atoms with Gasteiger partial charge in [-0.1, -0.05) is 36.0 Å². The number of hydrogen-bond donors (Lipinski definition) is 1. The van der Waals surface area contributed by atoms with Crippen LogP contribution >= 0.6 is 11.8 Å². The van der Waals surface area contributed by atoms with Crippen molar-refractivity contribution in [3.8, 4) is 11.3 Å². The van der Waals surface area contributed by atoms with Gasteiger partial charge in [0.2, 0.25) is 0 Å². The number of fused-ring (bicyclic) bond motifs is 3. The van der Waals surface area contributed by atoms with E-state index in [1.165, 1.54) is 18.0 Å². The van der Waals surface area contributed by atoms with E-state index >= 15 is 0 Å². The number of thioether (sulfide) groups is 1. The van der Waals surface area contributed by atoms with Gasteiger partial charge in [0.1, 0.15) is 0 Å². The lowest BCUT2D eigenvalue weighted by Crippen LogP contribution is -1.99. The van der Waals surface area contributed by atoms with Crippen LogP contribution < -0.4 is 0 Å². The Morgan fingerprint density at radius 1 is 1.28 bits per heavy atom. The highest BCUT2D eigenvalue weighted by molar-refractivity contribution is 8.02. The highest BCUT2D eigenvalue weighted by Crippen LogP contribution is 2.36. The summed E-state index contributed by atoms with van der Waals surface area (Å²) in [4.78, 5) is 16.1. The van der Waals surface area contributed by atoms with Crippen molar-refractivity contribution in [2.45, 2.75) is 4.90 Å². The molecule has 0 fully saturated rings. The third-order valence-corrected chi connectivity index (χ3v) is 3.60. The van der Waals surface area contributed by atoms with Gasteiger partial charge in [0.15, 0.2) is 0 Å². The maximum Gasteiger partial charge on any atom is 0.337 e. The molecule has 18 heavy (non-hydrogen) atoms. The third kappa shape index (κ3) is 1.80. The Labute approximate surface area is 108 Å². The summed E-state index contributed by atoms with van der Waals surface area (Å²) in [5.74, 6) is -0.951. The Kier molecular flexibility index (Phi) is 2.64. The van der Waals surface area contributed by atoms with Crippen LogP contribution in [-0.2, 0) is 0 Å². The molecule has 4 heteroatoms. The molecule has 0 aliphatic carbocycles. The maximum absolute atomic E-state index is 11.0. The first-order valence-electron chi connectivity index (χ1n) is 5.41. The number of carbonyl (C=O) groups is 1. The maximum atomic E-state index is 11.0. The van der Waals surface area contributed by atoms with Crippen LogP contribution in [0.25, 0.3) is 17.3 Å². The van der Waals surface area contributed by atoms with E-state index in [-0.39, 0.29) is 5.56 Å². The summed E-state index contributed by atoms with van der Waals surface area (Å²) in [6.45, 7) is 0. The van der Waals surface area contributed by atoms with Gasteiger partial charge in [-0.15, -0.1) is 0 Å². The third-order valence-electron chi connectivity index (χ3n) is 2.76. The molecule has 0 saturated heterocycles. The standard InChI is InChI=1S/C14H9NO2S/c16-14(17)10-7-12-13(15-8-10)11-4-2-1-3-9(11)5-6-18-12/h1-8H,(H,16,17). The smallest absolute Gasteiger partial charge is 0.337 e. The Morgan fingerprint density at radius 3 is 2.94 bits per heavy atom. The summed E-state index contributed by atoms with van der Waals surface area (Å²) < 4.78 is 0. The Bertz CT molecular complexity index is 665. The van der Waals surface area contributed by atoms with Crippen molar-refractivity contribution in [2.24, 2.45) is 0 Å². The number of rotatable bonds is 1. The number of hydrogen-bond acceptors (Lipinski definition) is 3. The number of benzene rings is 1. The molecule has 0 amide bonds. The van der Waals surface area contributed by atoms with Gasteiger partial charge in [-0.25, -0.2) is 4.79 Å². The van der Waals surface area contributed by atoms with Crippen molar-refractivity contribution in [2.75, 3.05) is 0 Å². The molecule has 2 heterocycles. The molecule has 1 aliphatic rings. The fourth-order valence-corrected chi connectivity index (χ4v) is 2.72. The molecule has 0 saturated carbocycles. The van der Waals surface area contributed by atoms with Gasteiger partial charge in [-0.05, 0) is 23.1 Å². The molecular formula is C14H9NO2S. The normalized spacial score (nSPS) is 12.4. The number of carboxylic acids is 1. The molecule has 3 nitrogen and oxygen atoms in total. The second-order valence-corrected chi connectivity index (χ2v) is 4.83. The molecule has 1 aromatic heterocycles. The molecule has 0 radical (unpaired) electrons. The van der Waals surface area contributed by atoms with Crippen molar-refractivity contribution in [1.29, 1.82) is 0 Å². The van der Waals surface area contributed by atoms with Gasteiger partial charge in [0, 0.05) is 16.7 Å². The van der Waals surface area contributed by atoms with Crippen LogP contribution in [0.2, 0.25) is 0 Å². The largest absolute Gasteiger partial charge is 0.478 e. The predicted molar refractivity (Wildman–Crippen MR) is 71.5 cm³/mol. The van der Waals surface area contributed by atoms with E-state index in [1.807, 2.05) is 35.7 Å². The van der Waals surface area contributed by atoms with Crippen LogP contribution in [-0.4, -0.2) is 16.1 Å². The molecule has 1 aliphatic heterocycles. The van der Waals surface area contributed by atoms with Crippen molar-refractivity contribution in [3.05, 3.63) is 53.1 Å². The first-order chi connectivity index (χ1) is 8.75. The molecule has 88 valence electrons. The highest BCUT2D eigenvalue weighted by atomic mass is 32.2. The quantitative estimate of drug-likeness (QED) is 0.847. The topological polar surface area (TPSA) is 50.2 Å². The van der Waals surface area contributed by atoms with Gasteiger partial charge in [-0.3, -0.25) is 4.98 Å². The second-order valence-electron chi connectivity index (χ2n) is 3.88. The van der Waals surface area contributed by atoms with Crippen molar-refractivity contribution < 1.29 is 9.90 Å². The molecule has 0 unspecified atom stereocenters. The molecule has 0 atom stereocenters. The number of carboxylic acid groups (broad SMARTS) is 1. The molecule has 3 rings (SSSR count). The SMILES string of the molecule is O=C(O)c1cnc2c(c1)SC=Cc1ccccc1-2. The zero-order chi connectivity index (χ0) is 12.5. The molecular weight excluding hydrogens is 246 g/mol. The minimum Gasteiger partial charge on any atom is -0.478 e. The summed E-state index contributed by atoms with van der Waals surface area (Å²) >= 11 is 1.49. The Morgan fingerprint density at radius 2 is 2.11 bits per heavy atom. The van der Waals surface area contributed by atoms with Gasteiger partial charge in [-0.2, -0.15) is 0 Å². The number of aromatic carboxylic acids is 1. The summed E-state index contributed by atoms with van der Waals surface area (Å²) in [6.07, 6.45) is 3.42. The van der Waals surface area contributed by atoms with Crippen LogP contribution in [0.15, 0.2) is 46.8 Å². The molecule has 0 bridgehead atoms. The Balaban J connectivity index is 2.23. The first-order valence-corrected chi connectivity index (χ1v) is 6.29. The summed E-state index contributed by atoms with van der Waals surface area (Å²) in [5, 5.41) is 10.9. The zero-order valence-electron chi connectivity index (χ0n) is 9.33. The van der Waals surface area contributed by atoms with E-state index in [1.54, 1.807) is 6.07 Å². The van der Waals surface area contributed by atoms with Crippen LogP contribution in [0.3, 0.4) is 0 Å². The molecule has 0 spiro atoms. The van der Waals surface area contributed by atoms with Crippen molar-refractivity contribution in [3.63, 3.8) is 0 Å². The van der Waals surface area contributed by atoms with E-state index in [0.717, 1.165) is 21.7 Å².